The molecule has 23 heavy (non-hydrogen) atoms. The second-order valence-electron chi connectivity index (χ2n) is 4.64. The topological polar surface area (TPSA) is 111 Å². The predicted molar refractivity (Wildman–Crippen MR) is 84.6 cm³/mol. The maximum atomic E-state index is 12.4. The number of phenols is 2. The molecule has 0 unspecified atom stereocenters. The van der Waals surface area contributed by atoms with E-state index in [1.807, 2.05) is 0 Å². The van der Waals surface area contributed by atoms with Crippen molar-refractivity contribution in [3.8, 4) is 22.8 Å². The number of benzene rings is 1. The number of phenolic OH excluding ortho intramolecular Hbond substituents is 2. The van der Waals surface area contributed by atoms with E-state index in [2.05, 4.69) is 20.5 Å². The number of aromatic nitrogens is 3. The lowest BCUT2D eigenvalue weighted by molar-refractivity contribution is 0.102. The van der Waals surface area contributed by atoms with Crippen LogP contribution in [0.15, 0.2) is 42.7 Å². The van der Waals surface area contributed by atoms with E-state index in [0.29, 0.717) is 5.82 Å². The Morgan fingerprint density at radius 2 is 2.04 bits per heavy atom. The maximum absolute atomic E-state index is 12.4. The minimum Gasteiger partial charge on any atom is -0.507 e. The summed E-state index contributed by atoms with van der Waals surface area (Å²) in [7, 11) is 0. The van der Waals surface area contributed by atoms with Gasteiger partial charge in [-0.05, 0) is 18.2 Å². The molecule has 2 aromatic heterocycles. The average Bonchev–Trinajstić information content (AvgIpc) is 3.01. The third kappa shape index (κ3) is 2.95. The Labute approximate surface area is 135 Å². The molecule has 0 aliphatic carbocycles. The minimum atomic E-state index is -0.448. The highest BCUT2D eigenvalue weighted by molar-refractivity contribution is 6.32. The van der Waals surface area contributed by atoms with Gasteiger partial charge >= 0.3 is 0 Å². The lowest BCUT2D eigenvalue weighted by atomic mass is 10.1. The van der Waals surface area contributed by atoms with E-state index in [4.69, 9.17) is 11.6 Å². The molecule has 0 fully saturated rings. The standard InChI is InChI=1S/C15H11ClN4O3/c16-10-5-8(11(21)6-12(10)22)14-9(7-18-20-14)15(23)19-13-3-1-2-4-17-13/h1-7,21-22H,(H,18,20)(H,17,19,23). The Bertz CT molecular complexity index is 864. The quantitative estimate of drug-likeness (QED) is 0.590. The summed E-state index contributed by atoms with van der Waals surface area (Å²) >= 11 is 5.85. The summed E-state index contributed by atoms with van der Waals surface area (Å²) in [5.74, 6) is -0.567. The first-order valence-corrected chi connectivity index (χ1v) is 6.92. The summed E-state index contributed by atoms with van der Waals surface area (Å²) in [4.78, 5) is 16.4. The van der Waals surface area contributed by atoms with Gasteiger partial charge in [0.1, 0.15) is 23.0 Å². The zero-order chi connectivity index (χ0) is 16.4. The summed E-state index contributed by atoms with van der Waals surface area (Å²) in [5.41, 5.74) is 0.630. The zero-order valence-corrected chi connectivity index (χ0v) is 12.4. The molecule has 116 valence electrons. The lowest BCUT2D eigenvalue weighted by Gasteiger charge is -2.07. The number of H-pyrrole nitrogens is 1. The number of halogens is 1. The van der Waals surface area contributed by atoms with Crippen LogP contribution in [0.1, 0.15) is 10.4 Å². The third-order valence-corrected chi connectivity index (χ3v) is 3.41. The largest absolute Gasteiger partial charge is 0.507 e. The minimum absolute atomic E-state index is 0.0388. The number of anilines is 1. The number of amides is 1. The van der Waals surface area contributed by atoms with Crippen molar-refractivity contribution >= 4 is 23.3 Å². The summed E-state index contributed by atoms with van der Waals surface area (Å²) in [6, 6.07) is 7.54. The van der Waals surface area contributed by atoms with Crippen LogP contribution in [0.4, 0.5) is 5.82 Å². The van der Waals surface area contributed by atoms with Crippen LogP contribution in [0.25, 0.3) is 11.3 Å². The number of carbonyl (C=O) groups is 1. The first-order chi connectivity index (χ1) is 11.1. The number of hydrogen-bond donors (Lipinski definition) is 4. The van der Waals surface area contributed by atoms with Crippen molar-refractivity contribution in [3.05, 3.63) is 53.3 Å². The van der Waals surface area contributed by atoms with E-state index in [-0.39, 0.29) is 33.3 Å². The molecule has 8 heteroatoms. The molecule has 0 aliphatic rings. The lowest BCUT2D eigenvalue weighted by Crippen LogP contribution is -2.13. The van der Waals surface area contributed by atoms with Gasteiger partial charge in [-0.2, -0.15) is 5.10 Å². The first kappa shape index (κ1) is 14.9. The van der Waals surface area contributed by atoms with Crippen LogP contribution < -0.4 is 5.32 Å². The fraction of sp³-hybridized carbons (Fsp3) is 0. The van der Waals surface area contributed by atoms with Gasteiger partial charge in [-0.25, -0.2) is 4.98 Å². The molecule has 0 atom stereocenters. The van der Waals surface area contributed by atoms with Gasteiger partial charge in [0, 0.05) is 24.0 Å². The van der Waals surface area contributed by atoms with Crippen LogP contribution in [0.2, 0.25) is 5.02 Å². The van der Waals surface area contributed by atoms with Crippen LogP contribution in [-0.4, -0.2) is 31.3 Å². The maximum Gasteiger partial charge on any atom is 0.260 e. The number of hydrogen-bond acceptors (Lipinski definition) is 5. The van der Waals surface area contributed by atoms with Crippen molar-refractivity contribution in [2.24, 2.45) is 0 Å². The summed E-state index contributed by atoms with van der Waals surface area (Å²) in [5, 5.41) is 28.7. The fourth-order valence-electron chi connectivity index (χ4n) is 2.03. The highest BCUT2D eigenvalue weighted by Crippen LogP contribution is 2.37. The van der Waals surface area contributed by atoms with E-state index >= 15 is 0 Å². The molecule has 0 spiro atoms. The average molecular weight is 331 g/mol. The van der Waals surface area contributed by atoms with Gasteiger partial charge in [-0.15, -0.1) is 0 Å². The van der Waals surface area contributed by atoms with Crippen molar-refractivity contribution in [2.75, 3.05) is 5.32 Å². The molecule has 0 saturated carbocycles. The predicted octanol–water partition coefficient (Wildman–Crippen LogP) is 2.79. The number of rotatable bonds is 3. The molecule has 3 rings (SSSR count). The van der Waals surface area contributed by atoms with Crippen molar-refractivity contribution in [2.45, 2.75) is 0 Å². The van der Waals surface area contributed by atoms with Crippen molar-refractivity contribution in [1.29, 1.82) is 0 Å². The van der Waals surface area contributed by atoms with E-state index < -0.39 is 5.91 Å². The fourth-order valence-corrected chi connectivity index (χ4v) is 2.19. The van der Waals surface area contributed by atoms with Crippen LogP contribution in [0.5, 0.6) is 11.5 Å². The normalized spacial score (nSPS) is 10.5. The van der Waals surface area contributed by atoms with Gasteiger partial charge in [-0.1, -0.05) is 17.7 Å². The summed E-state index contributed by atoms with van der Waals surface area (Å²) in [6.45, 7) is 0. The van der Waals surface area contributed by atoms with E-state index in [1.54, 1.807) is 24.4 Å². The van der Waals surface area contributed by atoms with E-state index in [0.717, 1.165) is 6.07 Å². The highest BCUT2D eigenvalue weighted by atomic mass is 35.5. The SMILES string of the molecule is O=C(Nc1ccccn1)c1c[nH]nc1-c1cc(Cl)c(O)cc1O. The van der Waals surface area contributed by atoms with Gasteiger partial charge in [-0.3, -0.25) is 9.89 Å². The number of pyridine rings is 1. The first-order valence-electron chi connectivity index (χ1n) is 6.54. The molecule has 4 N–H and O–H groups in total. The molecule has 0 saturated heterocycles. The summed E-state index contributed by atoms with van der Waals surface area (Å²) in [6.07, 6.45) is 2.95. The number of aromatic hydroxyl groups is 2. The molecule has 3 aromatic rings. The smallest absolute Gasteiger partial charge is 0.260 e. The van der Waals surface area contributed by atoms with Crippen molar-refractivity contribution < 1.29 is 15.0 Å². The van der Waals surface area contributed by atoms with Gasteiger partial charge < -0.3 is 15.5 Å². The van der Waals surface area contributed by atoms with Crippen molar-refractivity contribution in [3.63, 3.8) is 0 Å². The van der Waals surface area contributed by atoms with Crippen LogP contribution in [0, 0.1) is 0 Å². The second kappa shape index (κ2) is 5.98. The number of aromatic amines is 1. The van der Waals surface area contributed by atoms with Gasteiger partial charge in [0.25, 0.3) is 5.91 Å². The zero-order valence-electron chi connectivity index (χ0n) is 11.6. The Morgan fingerprint density at radius 1 is 1.22 bits per heavy atom. The molecule has 7 nitrogen and oxygen atoms in total. The molecule has 1 aromatic carbocycles. The monoisotopic (exact) mass is 330 g/mol. The molecule has 0 aliphatic heterocycles. The second-order valence-corrected chi connectivity index (χ2v) is 5.04. The van der Waals surface area contributed by atoms with Crippen LogP contribution in [-0.2, 0) is 0 Å². The molecular formula is C15H11ClN4O3. The molecule has 0 radical (unpaired) electrons. The Kier molecular flexibility index (Phi) is 3.86. The molecule has 0 bridgehead atoms. The Morgan fingerprint density at radius 3 is 2.78 bits per heavy atom. The van der Waals surface area contributed by atoms with E-state index in [1.165, 1.54) is 12.3 Å². The van der Waals surface area contributed by atoms with Gasteiger partial charge in [0.05, 0.1) is 10.6 Å². The number of nitrogens with zero attached hydrogens (tertiary/aromatic N) is 2. The number of carbonyl (C=O) groups excluding carboxylic acids is 1. The van der Waals surface area contributed by atoms with Crippen LogP contribution >= 0.6 is 11.6 Å². The molecule has 1 amide bonds. The molecule has 2 heterocycles. The van der Waals surface area contributed by atoms with E-state index in [9.17, 15) is 15.0 Å². The molecular weight excluding hydrogens is 320 g/mol. The Balaban J connectivity index is 1.97. The third-order valence-electron chi connectivity index (χ3n) is 3.11. The number of nitrogens with one attached hydrogen (secondary N) is 2. The van der Waals surface area contributed by atoms with Crippen LogP contribution in [0.3, 0.4) is 0 Å². The van der Waals surface area contributed by atoms with Gasteiger partial charge in [0.15, 0.2) is 0 Å². The summed E-state index contributed by atoms with van der Waals surface area (Å²) < 4.78 is 0. The Hall–Kier alpha value is -3.06. The highest BCUT2D eigenvalue weighted by Gasteiger charge is 2.20. The van der Waals surface area contributed by atoms with Gasteiger partial charge in [0.2, 0.25) is 0 Å². The van der Waals surface area contributed by atoms with Crippen molar-refractivity contribution in [1.82, 2.24) is 15.2 Å².